The van der Waals surface area contributed by atoms with Crippen molar-refractivity contribution in [3.63, 3.8) is 0 Å². The summed E-state index contributed by atoms with van der Waals surface area (Å²) in [6, 6.07) is 6.68. The van der Waals surface area contributed by atoms with Crippen molar-refractivity contribution in [1.82, 2.24) is 0 Å². The summed E-state index contributed by atoms with van der Waals surface area (Å²) in [6.45, 7) is 3.39. The van der Waals surface area contributed by atoms with Crippen LogP contribution in [0.5, 0.6) is 0 Å². The summed E-state index contributed by atoms with van der Waals surface area (Å²) in [5.74, 6) is -2.46. The molecular formula is C14H14F2N2O2S. The maximum Gasteiger partial charge on any atom is 0.267 e. The summed E-state index contributed by atoms with van der Waals surface area (Å²) >= 11 is 0. The van der Waals surface area contributed by atoms with E-state index in [0.29, 0.717) is 16.8 Å². The summed E-state index contributed by atoms with van der Waals surface area (Å²) in [6.07, 6.45) is 0. The number of benzene rings is 2. The van der Waals surface area contributed by atoms with Crippen LogP contribution in [-0.2, 0) is 10.0 Å². The van der Waals surface area contributed by atoms with Crippen LogP contribution in [0, 0.1) is 25.5 Å². The number of hydrogen-bond donors (Lipinski definition) is 2. The number of rotatable bonds is 3. The highest BCUT2D eigenvalue weighted by Crippen LogP contribution is 2.27. The lowest BCUT2D eigenvalue weighted by Gasteiger charge is -2.14. The van der Waals surface area contributed by atoms with Crippen molar-refractivity contribution in [2.45, 2.75) is 18.7 Å². The molecule has 0 aliphatic carbocycles. The Bertz CT molecular complexity index is 761. The van der Waals surface area contributed by atoms with E-state index in [9.17, 15) is 17.2 Å². The molecule has 0 saturated carbocycles. The average molecular weight is 312 g/mol. The van der Waals surface area contributed by atoms with E-state index in [1.165, 1.54) is 0 Å². The summed E-state index contributed by atoms with van der Waals surface area (Å²) in [5.41, 5.74) is 6.69. The molecule has 0 atom stereocenters. The molecule has 2 rings (SSSR count). The fraction of sp³-hybridized carbons (Fsp3) is 0.143. The van der Waals surface area contributed by atoms with Gasteiger partial charge in [0.05, 0.1) is 5.69 Å². The molecular weight excluding hydrogens is 298 g/mol. The van der Waals surface area contributed by atoms with Crippen molar-refractivity contribution in [2.75, 3.05) is 10.5 Å². The molecule has 0 aliphatic heterocycles. The third kappa shape index (κ3) is 2.97. The minimum Gasteiger partial charge on any atom is -0.399 e. The van der Waals surface area contributed by atoms with Gasteiger partial charge in [0.2, 0.25) is 0 Å². The van der Waals surface area contributed by atoms with E-state index in [2.05, 4.69) is 4.72 Å². The Morgan fingerprint density at radius 3 is 2.00 bits per heavy atom. The molecule has 112 valence electrons. The van der Waals surface area contributed by atoms with E-state index in [4.69, 9.17) is 5.73 Å². The summed E-state index contributed by atoms with van der Waals surface area (Å²) in [5, 5.41) is 0. The Labute approximate surface area is 121 Å². The van der Waals surface area contributed by atoms with Gasteiger partial charge in [-0.15, -0.1) is 0 Å². The molecule has 0 bridgehead atoms. The van der Waals surface area contributed by atoms with Gasteiger partial charge in [-0.1, -0.05) is 18.2 Å². The number of sulfonamides is 1. The molecule has 0 radical (unpaired) electrons. The number of hydrogen-bond acceptors (Lipinski definition) is 3. The second-order valence-electron chi connectivity index (χ2n) is 4.69. The Morgan fingerprint density at radius 2 is 1.52 bits per heavy atom. The lowest BCUT2D eigenvalue weighted by molar-refractivity contribution is 0.522. The molecule has 0 saturated heterocycles. The molecule has 0 aliphatic rings. The fourth-order valence-corrected chi connectivity index (χ4v) is 3.32. The van der Waals surface area contributed by atoms with Crippen LogP contribution in [-0.4, -0.2) is 8.42 Å². The van der Waals surface area contributed by atoms with Crippen LogP contribution < -0.4 is 10.5 Å². The maximum atomic E-state index is 13.8. The third-order valence-corrected chi connectivity index (χ3v) is 4.41. The van der Waals surface area contributed by atoms with Gasteiger partial charge in [-0.3, -0.25) is 4.72 Å². The first-order chi connectivity index (χ1) is 9.72. The van der Waals surface area contributed by atoms with Crippen molar-refractivity contribution in [2.24, 2.45) is 0 Å². The van der Waals surface area contributed by atoms with Gasteiger partial charge < -0.3 is 5.73 Å². The first-order valence-electron chi connectivity index (χ1n) is 6.06. The standard InChI is InChI=1S/C14H14F2N2O2S/c1-8-4-3-5-9(2)13(8)18-21(19,20)14-11(15)6-10(17)7-12(14)16/h3-7,18H,17H2,1-2H3. The molecule has 7 heteroatoms. The molecule has 2 aromatic carbocycles. The third-order valence-electron chi connectivity index (χ3n) is 3.01. The predicted octanol–water partition coefficient (Wildman–Crippen LogP) is 2.96. The van der Waals surface area contributed by atoms with Crippen molar-refractivity contribution < 1.29 is 17.2 Å². The molecule has 4 nitrogen and oxygen atoms in total. The molecule has 0 aromatic heterocycles. The zero-order chi connectivity index (χ0) is 15.8. The zero-order valence-corrected chi connectivity index (χ0v) is 12.3. The fourth-order valence-electron chi connectivity index (χ4n) is 2.00. The Kier molecular flexibility index (Phi) is 3.87. The van der Waals surface area contributed by atoms with Gasteiger partial charge in [-0.05, 0) is 37.1 Å². The molecule has 3 N–H and O–H groups in total. The normalized spacial score (nSPS) is 11.4. The Hall–Kier alpha value is -2.15. The van der Waals surface area contributed by atoms with E-state index in [1.54, 1.807) is 32.0 Å². The van der Waals surface area contributed by atoms with Crippen LogP contribution in [0.2, 0.25) is 0 Å². The van der Waals surface area contributed by atoms with Gasteiger partial charge in [-0.2, -0.15) is 0 Å². The maximum absolute atomic E-state index is 13.8. The number of nitrogens with two attached hydrogens (primary N) is 1. The van der Waals surface area contributed by atoms with E-state index in [-0.39, 0.29) is 5.69 Å². The first-order valence-corrected chi connectivity index (χ1v) is 7.54. The number of nitrogen functional groups attached to an aromatic ring is 1. The summed E-state index contributed by atoms with van der Waals surface area (Å²) < 4.78 is 54.2. The lowest BCUT2D eigenvalue weighted by Crippen LogP contribution is -2.18. The average Bonchev–Trinajstić information content (AvgIpc) is 2.32. The highest BCUT2D eigenvalue weighted by Gasteiger charge is 2.25. The zero-order valence-electron chi connectivity index (χ0n) is 11.4. The monoisotopic (exact) mass is 312 g/mol. The largest absolute Gasteiger partial charge is 0.399 e. The molecule has 0 spiro atoms. The van der Waals surface area contributed by atoms with Crippen molar-refractivity contribution in [3.05, 3.63) is 53.1 Å². The molecule has 0 unspecified atom stereocenters. The second-order valence-corrected chi connectivity index (χ2v) is 6.31. The lowest BCUT2D eigenvalue weighted by atomic mass is 10.1. The number of nitrogens with one attached hydrogen (secondary N) is 1. The van der Waals surface area contributed by atoms with Crippen LogP contribution >= 0.6 is 0 Å². The van der Waals surface area contributed by atoms with E-state index >= 15 is 0 Å². The Balaban J connectivity index is 2.54. The van der Waals surface area contributed by atoms with Gasteiger partial charge in [-0.25, -0.2) is 17.2 Å². The highest BCUT2D eigenvalue weighted by molar-refractivity contribution is 7.92. The minimum absolute atomic E-state index is 0.184. The quantitative estimate of drug-likeness (QED) is 0.856. The van der Waals surface area contributed by atoms with E-state index < -0.39 is 26.6 Å². The molecule has 2 aromatic rings. The smallest absolute Gasteiger partial charge is 0.267 e. The van der Waals surface area contributed by atoms with Crippen molar-refractivity contribution >= 4 is 21.4 Å². The van der Waals surface area contributed by atoms with Crippen LogP contribution in [0.1, 0.15) is 11.1 Å². The van der Waals surface area contributed by atoms with Crippen molar-refractivity contribution in [1.29, 1.82) is 0 Å². The van der Waals surface area contributed by atoms with Gasteiger partial charge >= 0.3 is 0 Å². The number of anilines is 2. The van der Waals surface area contributed by atoms with Gasteiger partial charge in [0.25, 0.3) is 10.0 Å². The topological polar surface area (TPSA) is 72.2 Å². The molecule has 0 fully saturated rings. The SMILES string of the molecule is Cc1cccc(C)c1NS(=O)(=O)c1c(F)cc(N)cc1F. The molecule has 0 heterocycles. The van der Waals surface area contributed by atoms with E-state index in [0.717, 1.165) is 12.1 Å². The van der Waals surface area contributed by atoms with E-state index in [1.807, 2.05) is 0 Å². The number of aryl methyl sites for hydroxylation is 2. The molecule has 0 amide bonds. The predicted molar refractivity (Wildman–Crippen MR) is 77.5 cm³/mol. The number of halogens is 2. The van der Waals surface area contributed by atoms with Crippen LogP contribution in [0.4, 0.5) is 20.2 Å². The highest BCUT2D eigenvalue weighted by atomic mass is 32.2. The first kappa shape index (κ1) is 15.2. The summed E-state index contributed by atoms with van der Waals surface area (Å²) in [7, 11) is -4.39. The van der Waals surface area contributed by atoms with Gasteiger partial charge in [0.15, 0.2) is 4.90 Å². The molecule has 21 heavy (non-hydrogen) atoms. The van der Waals surface area contributed by atoms with Crippen molar-refractivity contribution in [3.8, 4) is 0 Å². The summed E-state index contributed by atoms with van der Waals surface area (Å²) in [4.78, 5) is -1.04. The van der Waals surface area contributed by atoms with Gasteiger partial charge in [0.1, 0.15) is 11.6 Å². The number of para-hydroxylation sites is 1. The minimum atomic E-state index is -4.39. The van der Waals surface area contributed by atoms with Crippen LogP contribution in [0.3, 0.4) is 0 Å². The van der Waals surface area contributed by atoms with Crippen LogP contribution in [0.25, 0.3) is 0 Å². The van der Waals surface area contributed by atoms with Crippen LogP contribution in [0.15, 0.2) is 35.2 Å². The Morgan fingerprint density at radius 1 is 1.05 bits per heavy atom. The van der Waals surface area contributed by atoms with Gasteiger partial charge in [0, 0.05) is 5.69 Å². The second kappa shape index (κ2) is 5.33.